The van der Waals surface area contributed by atoms with Crippen LogP contribution in [0.1, 0.15) is 18.9 Å². The predicted octanol–water partition coefficient (Wildman–Crippen LogP) is 2.89. The summed E-state index contributed by atoms with van der Waals surface area (Å²) in [6, 6.07) is 14.5. The maximum absolute atomic E-state index is 11.2. The number of amides is 1. The first-order valence-electron chi connectivity index (χ1n) is 5.97. The molecule has 2 nitrogen and oxygen atoms in total. The highest BCUT2D eigenvalue weighted by Gasteiger charge is 2.13. The van der Waals surface area contributed by atoms with E-state index in [4.69, 9.17) is 5.73 Å². The van der Waals surface area contributed by atoms with E-state index in [1.54, 1.807) is 0 Å². The molecule has 0 fully saturated rings. The molecule has 0 saturated heterocycles. The Labute approximate surface area is 101 Å². The van der Waals surface area contributed by atoms with Gasteiger partial charge in [-0.3, -0.25) is 4.79 Å². The molecule has 0 radical (unpaired) electrons. The second-order valence-electron chi connectivity index (χ2n) is 4.39. The van der Waals surface area contributed by atoms with Crippen LogP contribution in [0.3, 0.4) is 0 Å². The largest absolute Gasteiger partial charge is 0.369 e. The summed E-state index contributed by atoms with van der Waals surface area (Å²) in [5.41, 5.74) is 6.54. The lowest BCUT2D eigenvalue weighted by Gasteiger charge is -2.11. The zero-order valence-electron chi connectivity index (χ0n) is 10.0. The van der Waals surface area contributed by atoms with Crippen molar-refractivity contribution >= 4 is 16.7 Å². The molecule has 0 aliphatic heterocycles. The molecule has 2 heteroatoms. The van der Waals surface area contributed by atoms with Crippen LogP contribution < -0.4 is 5.73 Å². The lowest BCUT2D eigenvalue weighted by atomic mass is 9.95. The number of carbonyl (C=O) groups is 1. The van der Waals surface area contributed by atoms with Crippen molar-refractivity contribution in [1.29, 1.82) is 0 Å². The molecule has 17 heavy (non-hydrogen) atoms. The van der Waals surface area contributed by atoms with E-state index in [1.807, 2.05) is 19.1 Å². The first kappa shape index (κ1) is 11.6. The van der Waals surface area contributed by atoms with Crippen molar-refractivity contribution in [2.24, 2.45) is 11.7 Å². The molecule has 2 aromatic rings. The monoisotopic (exact) mass is 227 g/mol. The fourth-order valence-electron chi connectivity index (χ4n) is 2.10. The number of fused-ring (bicyclic) bond motifs is 1. The topological polar surface area (TPSA) is 43.1 Å². The maximum Gasteiger partial charge on any atom is 0.220 e. The van der Waals surface area contributed by atoms with Crippen LogP contribution in [0.4, 0.5) is 0 Å². The summed E-state index contributed by atoms with van der Waals surface area (Å²) in [5, 5.41) is 2.44. The van der Waals surface area contributed by atoms with E-state index in [-0.39, 0.29) is 11.8 Å². The Morgan fingerprint density at radius 2 is 1.88 bits per heavy atom. The third-order valence-corrected chi connectivity index (χ3v) is 3.19. The van der Waals surface area contributed by atoms with Crippen LogP contribution in [0.5, 0.6) is 0 Å². The second kappa shape index (κ2) is 5.00. The Morgan fingerprint density at radius 3 is 2.53 bits per heavy atom. The molecule has 1 unspecified atom stereocenters. The number of benzene rings is 2. The summed E-state index contributed by atoms with van der Waals surface area (Å²) in [7, 11) is 0. The highest BCUT2D eigenvalue weighted by atomic mass is 16.1. The predicted molar refractivity (Wildman–Crippen MR) is 70.6 cm³/mol. The van der Waals surface area contributed by atoms with Crippen LogP contribution in [-0.4, -0.2) is 5.91 Å². The highest BCUT2D eigenvalue weighted by molar-refractivity contribution is 5.83. The Bertz CT molecular complexity index is 533. The van der Waals surface area contributed by atoms with Gasteiger partial charge in [-0.15, -0.1) is 0 Å². The number of carbonyl (C=O) groups excluding carboxylic acids is 1. The first-order chi connectivity index (χ1) is 8.20. The van der Waals surface area contributed by atoms with Crippen molar-refractivity contribution in [3.63, 3.8) is 0 Å². The van der Waals surface area contributed by atoms with Gasteiger partial charge >= 0.3 is 0 Å². The third kappa shape index (κ3) is 2.64. The van der Waals surface area contributed by atoms with Gasteiger partial charge in [-0.25, -0.2) is 0 Å². The normalized spacial score (nSPS) is 12.5. The van der Waals surface area contributed by atoms with Crippen molar-refractivity contribution in [2.75, 3.05) is 0 Å². The molecule has 2 aromatic carbocycles. The molecule has 0 aliphatic carbocycles. The first-order valence-corrected chi connectivity index (χ1v) is 5.97. The van der Waals surface area contributed by atoms with E-state index in [2.05, 4.69) is 30.3 Å². The molecule has 0 saturated carbocycles. The smallest absolute Gasteiger partial charge is 0.220 e. The van der Waals surface area contributed by atoms with Gasteiger partial charge in [-0.2, -0.15) is 0 Å². The zero-order valence-corrected chi connectivity index (χ0v) is 10.0. The fourth-order valence-corrected chi connectivity index (χ4v) is 2.10. The Balaban J connectivity index is 2.27. The lowest BCUT2D eigenvalue weighted by molar-refractivity contribution is -0.121. The minimum Gasteiger partial charge on any atom is -0.369 e. The van der Waals surface area contributed by atoms with E-state index in [0.717, 1.165) is 12.8 Å². The minimum atomic E-state index is -0.208. The molecule has 0 heterocycles. The van der Waals surface area contributed by atoms with Gasteiger partial charge in [0.2, 0.25) is 5.91 Å². The SMILES string of the molecule is CCC(Cc1ccc2ccccc2c1)C(N)=O. The zero-order chi connectivity index (χ0) is 12.3. The number of hydrogen-bond donors (Lipinski definition) is 1. The summed E-state index contributed by atoms with van der Waals surface area (Å²) < 4.78 is 0. The van der Waals surface area contributed by atoms with Crippen molar-refractivity contribution in [3.05, 3.63) is 48.0 Å². The van der Waals surface area contributed by atoms with E-state index in [0.29, 0.717) is 0 Å². The highest BCUT2D eigenvalue weighted by Crippen LogP contribution is 2.18. The average Bonchev–Trinajstić information content (AvgIpc) is 2.35. The van der Waals surface area contributed by atoms with Crippen LogP contribution in [0, 0.1) is 5.92 Å². The van der Waals surface area contributed by atoms with Crippen LogP contribution in [0.2, 0.25) is 0 Å². The van der Waals surface area contributed by atoms with Crippen LogP contribution in [-0.2, 0) is 11.2 Å². The van der Waals surface area contributed by atoms with Crippen LogP contribution in [0.15, 0.2) is 42.5 Å². The van der Waals surface area contributed by atoms with Gasteiger partial charge in [0, 0.05) is 5.92 Å². The van der Waals surface area contributed by atoms with E-state index < -0.39 is 0 Å². The second-order valence-corrected chi connectivity index (χ2v) is 4.39. The average molecular weight is 227 g/mol. The number of rotatable bonds is 4. The molecule has 1 amide bonds. The van der Waals surface area contributed by atoms with Gasteiger partial charge in [0.15, 0.2) is 0 Å². The van der Waals surface area contributed by atoms with Gasteiger partial charge in [0.1, 0.15) is 0 Å². The van der Waals surface area contributed by atoms with E-state index in [9.17, 15) is 4.79 Å². The van der Waals surface area contributed by atoms with E-state index >= 15 is 0 Å². The third-order valence-electron chi connectivity index (χ3n) is 3.19. The summed E-state index contributed by atoms with van der Waals surface area (Å²) >= 11 is 0. The minimum absolute atomic E-state index is 0.0591. The van der Waals surface area contributed by atoms with Crippen molar-refractivity contribution in [2.45, 2.75) is 19.8 Å². The summed E-state index contributed by atoms with van der Waals surface area (Å²) in [5.74, 6) is -0.267. The molecule has 2 N–H and O–H groups in total. The molecule has 2 rings (SSSR count). The molecule has 0 aliphatic rings. The molecular weight excluding hydrogens is 210 g/mol. The van der Waals surface area contributed by atoms with Gasteiger partial charge in [-0.1, -0.05) is 49.4 Å². The van der Waals surface area contributed by atoms with Gasteiger partial charge < -0.3 is 5.73 Å². The van der Waals surface area contributed by atoms with Crippen LogP contribution in [0.25, 0.3) is 10.8 Å². The Hall–Kier alpha value is -1.83. The lowest BCUT2D eigenvalue weighted by Crippen LogP contribution is -2.24. The Kier molecular flexibility index (Phi) is 3.43. The van der Waals surface area contributed by atoms with Gasteiger partial charge in [-0.05, 0) is 29.2 Å². The fraction of sp³-hybridized carbons (Fsp3) is 0.267. The van der Waals surface area contributed by atoms with Crippen molar-refractivity contribution in [3.8, 4) is 0 Å². The molecular formula is C15H17NO. The summed E-state index contributed by atoms with van der Waals surface area (Å²) in [4.78, 5) is 11.2. The summed E-state index contributed by atoms with van der Waals surface area (Å²) in [6.45, 7) is 2.00. The van der Waals surface area contributed by atoms with Gasteiger partial charge in [0.25, 0.3) is 0 Å². The number of primary amides is 1. The number of hydrogen-bond acceptors (Lipinski definition) is 1. The molecule has 0 bridgehead atoms. The maximum atomic E-state index is 11.2. The quantitative estimate of drug-likeness (QED) is 0.857. The van der Waals surface area contributed by atoms with Crippen molar-refractivity contribution in [1.82, 2.24) is 0 Å². The Morgan fingerprint density at radius 1 is 1.18 bits per heavy atom. The van der Waals surface area contributed by atoms with Crippen LogP contribution >= 0.6 is 0 Å². The molecule has 0 spiro atoms. The number of nitrogens with two attached hydrogens (primary N) is 1. The molecule has 88 valence electrons. The molecule has 0 aromatic heterocycles. The van der Waals surface area contributed by atoms with E-state index in [1.165, 1.54) is 16.3 Å². The van der Waals surface area contributed by atoms with Crippen molar-refractivity contribution < 1.29 is 4.79 Å². The van der Waals surface area contributed by atoms with Gasteiger partial charge in [0.05, 0.1) is 0 Å². The molecule has 1 atom stereocenters. The summed E-state index contributed by atoms with van der Waals surface area (Å²) in [6.07, 6.45) is 1.53. The standard InChI is InChI=1S/C15H17NO/c1-2-12(15(16)17)9-11-7-8-13-5-3-4-6-14(13)10-11/h3-8,10,12H,2,9H2,1H3,(H2,16,17).